The molecule has 166 valence electrons. The maximum Gasteiger partial charge on any atom is 0.329 e. The molecule has 1 aliphatic heterocycles. The van der Waals surface area contributed by atoms with Crippen LogP contribution < -0.4 is 10.1 Å². The molecule has 2 saturated carbocycles. The van der Waals surface area contributed by atoms with Gasteiger partial charge in [0, 0.05) is 9.65 Å². The Morgan fingerprint density at radius 3 is 2.29 bits per heavy atom. The summed E-state index contributed by atoms with van der Waals surface area (Å²) < 4.78 is 10.3. The molecule has 0 radical (unpaired) electrons. The lowest BCUT2D eigenvalue weighted by Crippen LogP contribution is -2.45. The molecule has 7 atom stereocenters. The molecule has 0 unspecified atom stereocenters. The molecule has 2 bridgehead atoms. The van der Waals surface area contributed by atoms with Crippen molar-refractivity contribution in [2.24, 2.45) is 23.7 Å². The first-order valence-corrected chi connectivity index (χ1v) is 11.8. The number of likely N-dealkylation sites (tertiary alicyclic amines) is 1. The molecular weight excluding hydrogens is 536 g/mol. The molecular formula is C21H22Br2N2O6. The van der Waals surface area contributed by atoms with Crippen molar-refractivity contribution >= 4 is 61.2 Å². The first-order valence-electron chi connectivity index (χ1n) is 10.0. The number of hydrogen-bond acceptors (Lipinski definition) is 6. The van der Waals surface area contributed by atoms with Crippen molar-refractivity contribution in [1.29, 1.82) is 0 Å². The van der Waals surface area contributed by atoms with Gasteiger partial charge in [0.25, 0.3) is 5.91 Å². The molecule has 10 heteroatoms. The van der Waals surface area contributed by atoms with Crippen LogP contribution in [0, 0.1) is 23.7 Å². The van der Waals surface area contributed by atoms with Crippen molar-refractivity contribution in [2.45, 2.75) is 29.0 Å². The molecule has 8 nitrogen and oxygen atoms in total. The highest BCUT2D eigenvalue weighted by Gasteiger charge is 2.67. The molecule has 1 heterocycles. The summed E-state index contributed by atoms with van der Waals surface area (Å²) in [6.45, 7) is 0.916. The summed E-state index contributed by atoms with van der Waals surface area (Å²) in [6, 6.07) is 5.75. The second-order valence-electron chi connectivity index (χ2n) is 8.08. The van der Waals surface area contributed by atoms with Crippen molar-refractivity contribution in [3.63, 3.8) is 0 Å². The number of fused-ring (bicyclic) bond motifs is 5. The summed E-state index contributed by atoms with van der Waals surface area (Å²) in [5, 5.41) is 2.61. The highest BCUT2D eigenvalue weighted by Crippen LogP contribution is 2.60. The van der Waals surface area contributed by atoms with Crippen LogP contribution in [-0.2, 0) is 23.9 Å². The summed E-state index contributed by atoms with van der Waals surface area (Å²) in [5.74, 6) is -2.20. The van der Waals surface area contributed by atoms with Gasteiger partial charge in [0.1, 0.15) is 11.8 Å². The van der Waals surface area contributed by atoms with Crippen LogP contribution in [0.5, 0.6) is 5.75 Å². The van der Waals surface area contributed by atoms with Crippen molar-refractivity contribution in [1.82, 2.24) is 4.90 Å². The van der Waals surface area contributed by atoms with Gasteiger partial charge in [0.05, 0.1) is 24.6 Å². The number of rotatable bonds is 6. The minimum Gasteiger partial charge on any atom is -0.495 e. The van der Waals surface area contributed by atoms with Gasteiger partial charge in [-0.2, -0.15) is 0 Å². The zero-order chi connectivity index (χ0) is 22.4. The number of ether oxygens (including phenoxy) is 2. The largest absolute Gasteiger partial charge is 0.495 e. The highest BCUT2D eigenvalue weighted by atomic mass is 79.9. The van der Waals surface area contributed by atoms with Crippen molar-refractivity contribution < 1.29 is 28.7 Å². The second kappa shape index (κ2) is 8.54. The van der Waals surface area contributed by atoms with E-state index in [1.165, 1.54) is 14.0 Å². The molecule has 3 aliphatic rings. The Hall–Kier alpha value is -1.94. The summed E-state index contributed by atoms with van der Waals surface area (Å²) in [5.41, 5.74) is 0.445. The standard InChI is InChI=1S/C21H22Br2N2O6/c1-9(21(29)31-8-14(26)24-12-5-3-4-6-13(12)30-2)25-19(27)15-10-7-11(16(15)20(25)28)18(23)17(10)22/h3-6,9-11,15-18H,7-8H2,1-2H3,(H,24,26)/t9-,10+,11+,15-,16+,17-,18-/m0/s1. The summed E-state index contributed by atoms with van der Waals surface area (Å²) in [4.78, 5) is 52.0. The van der Waals surface area contributed by atoms with E-state index < -0.39 is 36.4 Å². The Morgan fingerprint density at radius 1 is 1.13 bits per heavy atom. The van der Waals surface area contributed by atoms with Gasteiger partial charge in [0.15, 0.2) is 6.61 Å². The van der Waals surface area contributed by atoms with Crippen LogP contribution in [0.3, 0.4) is 0 Å². The van der Waals surface area contributed by atoms with E-state index in [1.807, 2.05) is 0 Å². The number of amides is 3. The number of hydrogen-bond donors (Lipinski definition) is 1. The molecule has 0 aromatic heterocycles. The van der Waals surface area contributed by atoms with Crippen LogP contribution in [0.1, 0.15) is 13.3 Å². The first-order chi connectivity index (χ1) is 14.8. The summed E-state index contributed by atoms with van der Waals surface area (Å²) in [6.07, 6.45) is 0.814. The lowest BCUT2D eigenvalue weighted by atomic mass is 9.81. The zero-order valence-electron chi connectivity index (χ0n) is 16.9. The van der Waals surface area contributed by atoms with E-state index in [2.05, 4.69) is 37.2 Å². The van der Waals surface area contributed by atoms with E-state index in [1.54, 1.807) is 24.3 Å². The molecule has 3 amide bonds. The Labute approximate surface area is 196 Å². The van der Waals surface area contributed by atoms with E-state index in [0.29, 0.717) is 11.4 Å². The van der Waals surface area contributed by atoms with E-state index in [4.69, 9.17) is 9.47 Å². The fourth-order valence-corrected chi connectivity index (χ4v) is 6.92. The normalized spacial score (nSPS) is 32.1. The molecule has 1 aromatic carbocycles. The number of carbonyl (C=O) groups excluding carboxylic acids is 4. The number of para-hydroxylation sites is 2. The van der Waals surface area contributed by atoms with Gasteiger partial charge in [0.2, 0.25) is 11.8 Å². The summed E-state index contributed by atoms with van der Waals surface area (Å²) >= 11 is 7.27. The van der Waals surface area contributed by atoms with Gasteiger partial charge in [-0.1, -0.05) is 44.0 Å². The van der Waals surface area contributed by atoms with Crippen LogP contribution >= 0.6 is 31.9 Å². The fourth-order valence-electron chi connectivity index (χ4n) is 5.05. The number of nitrogens with one attached hydrogen (secondary N) is 1. The van der Waals surface area contributed by atoms with E-state index in [-0.39, 0.29) is 33.3 Å². The Balaban J connectivity index is 1.37. The van der Waals surface area contributed by atoms with Crippen LogP contribution in [0.25, 0.3) is 0 Å². The van der Waals surface area contributed by atoms with Crippen LogP contribution in [0.4, 0.5) is 5.69 Å². The quantitative estimate of drug-likeness (QED) is 0.327. The van der Waals surface area contributed by atoms with Crippen molar-refractivity contribution in [3.8, 4) is 5.75 Å². The predicted octanol–water partition coefficient (Wildman–Crippen LogP) is 2.34. The number of methoxy groups -OCH3 is 1. The van der Waals surface area contributed by atoms with E-state index in [9.17, 15) is 19.2 Å². The minimum atomic E-state index is -1.09. The molecule has 0 spiro atoms. The SMILES string of the molecule is COc1ccccc1NC(=O)COC(=O)[C@H](C)N1C(=O)[C@@H]2[C@H]3C[C@@H]([C@H](Br)[C@H]3Br)[C@@H]2C1=O. The molecule has 3 fully saturated rings. The number of halogens is 2. The van der Waals surface area contributed by atoms with Gasteiger partial charge in [-0.25, -0.2) is 4.79 Å². The first kappa shape index (κ1) is 22.3. The second-order valence-corrected chi connectivity index (χ2v) is 10.2. The zero-order valence-corrected chi connectivity index (χ0v) is 20.1. The molecule has 1 aromatic rings. The molecule has 31 heavy (non-hydrogen) atoms. The minimum absolute atomic E-state index is 0.0654. The number of esters is 1. The van der Waals surface area contributed by atoms with Crippen molar-refractivity contribution in [2.75, 3.05) is 19.0 Å². The predicted molar refractivity (Wildman–Crippen MR) is 118 cm³/mol. The number of benzene rings is 1. The number of anilines is 1. The average molecular weight is 558 g/mol. The smallest absolute Gasteiger partial charge is 0.329 e. The number of alkyl halides is 2. The number of carbonyl (C=O) groups is 4. The van der Waals surface area contributed by atoms with Gasteiger partial charge in [-0.05, 0) is 37.3 Å². The van der Waals surface area contributed by atoms with Crippen molar-refractivity contribution in [3.05, 3.63) is 24.3 Å². The van der Waals surface area contributed by atoms with Crippen LogP contribution in [0.15, 0.2) is 24.3 Å². The van der Waals surface area contributed by atoms with Crippen LogP contribution in [0.2, 0.25) is 0 Å². The lowest BCUT2D eigenvalue weighted by molar-refractivity contribution is -0.159. The third-order valence-corrected chi connectivity index (χ3v) is 9.68. The molecule has 1 N–H and O–H groups in total. The maximum atomic E-state index is 13.0. The Kier molecular flexibility index (Phi) is 6.13. The topological polar surface area (TPSA) is 102 Å². The van der Waals surface area contributed by atoms with Gasteiger partial charge in [-0.15, -0.1) is 0 Å². The third-order valence-electron chi connectivity index (χ3n) is 6.48. The highest BCUT2D eigenvalue weighted by molar-refractivity contribution is 9.12. The van der Waals surface area contributed by atoms with E-state index >= 15 is 0 Å². The van der Waals surface area contributed by atoms with Gasteiger partial charge < -0.3 is 14.8 Å². The van der Waals surface area contributed by atoms with Gasteiger partial charge in [-0.3, -0.25) is 19.3 Å². The van der Waals surface area contributed by atoms with Crippen LogP contribution in [-0.4, -0.2) is 58.0 Å². The Bertz CT molecular complexity index is 908. The average Bonchev–Trinajstić information content (AvgIpc) is 3.36. The molecule has 2 aliphatic carbocycles. The summed E-state index contributed by atoms with van der Waals surface area (Å²) in [7, 11) is 1.48. The monoisotopic (exact) mass is 556 g/mol. The molecule has 1 saturated heterocycles. The van der Waals surface area contributed by atoms with E-state index in [0.717, 1.165) is 11.3 Å². The maximum absolute atomic E-state index is 13.0. The fraction of sp³-hybridized carbons (Fsp3) is 0.524. The number of nitrogens with zero attached hydrogens (tertiary/aromatic N) is 1. The van der Waals surface area contributed by atoms with Gasteiger partial charge >= 0.3 is 5.97 Å². The Morgan fingerprint density at radius 2 is 1.71 bits per heavy atom. The number of imide groups is 1. The third kappa shape index (κ3) is 3.67. The lowest BCUT2D eigenvalue weighted by Gasteiger charge is -2.28. The molecule has 4 rings (SSSR count).